The van der Waals surface area contributed by atoms with Crippen LogP contribution in [0.4, 0.5) is 0 Å². The fourth-order valence-corrected chi connectivity index (χ4v) is 2.51. The van der Waals surface area contributed by atoms with Crippen LogP contribution in [0.15, 0.2) is 0 Å². The van der Waals surface area contributed by atoms with Gasteiger partial charge in [0.2, 0.25) is 5.91 Å². The standard InChI is InChI=1S/C12H22N2O/c1-9-8-13-7-4-10(9)14-11(15)12(2)5-3-6-12/h9-10,13H,3-8H2,1-2H3,(H,14,15). The molecule has 15 heavy (non-hydrogen) atoms. The molecular formula is C12H22N2O. The number of hydrogen-bond donors (Lipinski definition) is 2. The second-order valence-electron chi connectivity index (χ2n) is 5.46. The van der Waals surface area contributed by atoms with Crippen molar-refractivity contribution in [3.05, 3.63) is 0 Å². The predicted octanol–water partition coefficient (Wildman–Crippen LogP) is 1.29. The van der Waals surface area contributed by atoms with Crippen LogP contribution in [0.25, 0.3) is 0 Å². The third-order valence-electron chi connectivity index (χ3n) is 4.11. The van der Waals surface area contributed by atoms with E-state index in [1.54, 1.807) is 0 Å². The van der Waals surface area contributed by atoms with Gasteiger partial charge in [-0.25, -0.2) is 0 Å². The van der Waals surface area contributed by atoms with Gasteiger partial charge in [0.15, 0.2) is 0 Å². The maximum absolute atomic E-state index is 12.0. The number of hydrogen-bond acceptors (Lipinski definition) is 2. The van der Waals surface area contributed by atoms with Gasteiger partial charge in [-0.15, -0.1) is 0 Å². The molecule has 1 amide bonds. The normalized spacial score (nSPS) is 34.3. The van der Waals surface area contributed by atoms with E-state index in [0.717, 1.165) is 32.4 Å². The Morgan fingerprint density at radius 2 is 2.20 bits per heavy atom. The molecule has 0 spiro atoms. The highest BCUT2D eigenvalue weighted by atomic mass is 16.2. The number of nitrogens with one attached hydrogen (secondary N) is 2. The third-order valence-corrected chi connectivity index (χ3v) is 4.11. The van der Waals surface area contributed by atoms with Crippen molar-refractivity contribution in [3.8, 4) is 0 Å². The van der Waals surface area contributed by atoms with Crippen LogP contribution in [-0.2, 0) is 4.79 Å². The minimum absolute atomic E-state index is 0.0510. The Morgan fingerprint density at radius 1 is 1.47 bits per heavy atom. The molecule has 2 N–H and O–H groups in total. The van der Waals surface area contributed by atoms with E-state index in [0.29, 0.717) is 12.0 Å². The van der Waals surface area contributed by atoms with Gasteiger partial charge in [-0.1, -0.05) is 20.3 Å². The number of carbonyl (C=O) groups is 1. The molecule has 2 fully saturated rings. The van der Waals surface area contributed by atoms with Crippen LogP contribution in [0.3, 0.4) is 0 Å². The van der Waals surface area contributed by atoms with Crippen molar-refractivity contribution in [2.45, 2.75) is 45.6 Å². The van der Waals surface area contributed by atoms with E-state index in [4.69, 9.17) is 0 Å². The molecule has 1 saturated carbocycles. The lowest BCUT2D eigenvalue weighted by Crippen LogP contribution is -2.53. The molecule has 2 rings (SSSR count). The first-order valence-corrected chi connectivity index (χ1v) is 6.13. The van der Waals surface area contributed by atoms with Crippen LogP contribution in [-0.4, -0.2) is 25.0 Å². The SMILES string of the molecule is CC1CNCCC1NC(=O)C1(C)CCC1. The maximum Gasteiger partial charge on any atom is 0.226 e. The summed E-state index contributed by atoms with van der Waals surface area (Å²) in [5.74, 6) is 0.846. The summed E-state index contributed by atoms with van der Waals surface area (Å²) < 4.78 is 0. The summed E-state index contributed by atoms with van der Waals surface area (Å²) >= 11 is 0. The Labute approximate surface area is 92.0 Å². The molecule has 1 saturated heterocycles. The molecule has 0 radical (unpaired) electrons. The van der Waals surface area contributed by atoms with Crippen molar-refractivity contribution in [1.29, 1.82) is 0 Å². The average molecular weight is 210 g/mol. The van der Waals surface area contributed by atoms with Gasteiger partial charge in [0.05, 0.1) is 0 Å². The summed E-state index contributed by atoms with van der Waals surface area (Å²) in [6, 6.07) is 0.385. The summed E-state index contributed by atoms with van der Waals surface area (Å²) in [7, 11) is 0. The Kier molecular flexibility index (Phi) is 3.01. The number of piperidine rings is 1. The molecule has 3 heteroatoms. The molecule has 2 unspecified atom stereocenters. The van der Waals surface area contributed by atoms with Crippen LogP contribution in [0.2, 0.25) is 0 Å². The third kappa shape index (κ3) is 2.17. The molecule has 1 heterocycles. The average Bonchev–Trinajstić information content (AvgIpc) is 2.18. The van der Waals surface area contributed by atoms with E-state index < -0.39 is 0 Å². The molecule has 0 aromatic carbocycles. The fraction of sp³-hybridized carbons (Fsp3) is 0.917. The fourth-order valence-electron chi connectivity index (χ4n) is 2.51. The van der Waals surface area contributed by atoms with Crippen molar-refractivity contribution in [2.24, 2.45) is 11.3 Å². The van der Waals surface area contributed by atoms with Gasteiger partial charge >= 0.3 is 0 Å². The predicted molar refractivity (Wildman–Crippen MR) is 60.5 cm³/mol. The van der Waals surface area contributed by atoms with Gasteiger partial charge in [-0.3, -0.25) is 4.79 Å². The van der Waals surface area contributed by atoms with Crippen LogP contribution in [0.1, 0.15) is 39.5 Å². The topological polar surface area (TPSA) is 41.1 Å². The zero-order valence-corrected chi connectivity index (χ0v) is 9.81. The summed E-state index contributed by atoms with van der Waals surface area (Å²) in [5, 5.41) is 6.59. The lowest BCUT2D eigenvalue weighted by atomic mass is 9.69. The lowest BCUT2D eigenvalue weighted by Gasteiger charge is -2.39. The smallest absolute Gasteiger partial charge is 0.226 e. The highest BCUT2D eigenvalue weighted by Crippen LogP contribution is 2.40. The van der Waals surface area contributed by atoms with E-state index in [1.807, 2.05) is 0 Å². The van der Waals surface area contributed by atoms with Gasteiger partial charge in [-0.2, -0.15) is 0 Å². The van der Waals surface area contributed by atoms with E-state index in [2.05, 4.69) is 24.5 Å². The molecule has 2 atom stereocenters. The zero-order valence-electron chi connectivity index (χ0n) is 9.81. The number of amides is 1. The summed E-state index contributed by atoms with van der Waals surface area (Å²) in [4.78, 5) is 12.0. The van der Waals surface area contributed by atoms with Crippen molar-refractivity contribution in [2.75, 3.05) is 13.1 Å². The molecule has 0 bridgehead atoms. The largest absolute Gasteiger partial charge is 0.353 e. The van der Waals surface area contributed by atoms with Crippen molar-refractivity contribution in [1.82, 2.24) is 10.6 Å². The van der Waals surface area contributed by atoms with E-state index >= 15 is 0 Å². The molecule has 1 aliphatic heterocycles. The Hall–Kier alpha value is -0.570. The molecular weight excluding hydrogens is 188 g/mol. The quantitative estimate of drug-likeness (QED) is 0.721. The Bertz CT molecular complexity index is 248. The highest BCUT2D eigenvalue weighted by molar-refractivity contribution is 5.83. The second kappa shape index (κ2) is 4.12. The first-order chi connectivity index (χ1) is 7.12. The molecule has 86 valence electrons. The van der Waals surface area contributed by atoms with Gasteiger partial charge in [0.1, 0.15) is 0 Å². The van der Waals surface area contributed by atoms with Crippen molar-refractivity contribution in [3.63, 3.8) is 0 Å². The van der Waals surface area contributed by atoms with Gasteiger partial charge in [0.25, 0.3) is 0 Å². The van der Waals surface area contributed by atoms with Gasteiger partial charge in [-0.05, 0) is 38.3 Å². The molecule has 2 aliphatic rings. The summed E-state index contributed by atoms with van der Waals surface area (Å²) in [5.41, 5.74) is -0.0510. The maximum atomic E-state index is 12.0. The number of carbonyl (C=O) groups excluding carboxylic acids is 1. The van der Waals surface area contributed by atoms with Gasteiger partial charge in [0, 0.05) is 11.5 Å². The summed E-state index contributed by atoms with van der Waals surface area (Å²) in [6.07, 6.45) is 4.42. The minimum atomic E-state index is -0.0510. The first-order valence-electron chi connectivity index (χ1n) is 6.13. The van der Waals surface area contributed by atoms with E-state index in [9.17, 15) is 4.79 Å². The van der Waals surface area contributed by atoms with Crippen LogP contribution in [0.5, 0.6) is 0 Å². The second-order valence-corrected chi connectivity index (χ2v) is 5.46. The molecule has 0 aromatic heterocycles. The molecule has 0 aromatic rings. The highest BCUT2D eigenvalue weighted by Gasteiger charge is 2.40. The number of rotatable bonds is 2. The Balaban J connectivity index is 1.87. The van der Waals surface area contributed by atoms with E-state index in [1.165, 1.54) is 6.42 Å². The molecule has 3 nitrogen and oxygen atoms in total. The Morgan fingerprint density at radius 3 is 2.73 bits per heavy atom. The first kappa shape index (κ1) is 10.9. The van der Waals surface area contributed by atoms with Gasteiger partial charge < -0.3 is 10.6 Å². The van der Waals surface area contributed by atoms with E-state index in [-0.39, 0.29) is 11.3 Å². The molecule has 1 aliphatic carbocycles. The lowest BCUT2D eigenvalue weighted by molar-refractivity contribution is -0.135. The zero-order chi connectivity index (χ0) is 10.9. The van der Waals surface area contributed by atoms with Crippen LogP contribution < -0.4 is 10.6 Å². The summed E-state index contributed by atoms with van der Waals surface area (Å²) in [6.45, 7) is 6.37. The van der Waals surface area contributed by atoms with Crippen LogP contribution in [0, 0.1) is 11.3 Å². The van der Waals surface area contributed by atoms with Crippen molar-refractivity contribution < 1.29 is 4.79 Å². The van der Waals surface area contributed by atoms with Crippen molar-refractivity contribution >= 4 is 5.91 Å². The minimum Gasteiger partial charge on any atom is -0.353 e. The van der Waals surface area contributed by atoms with Crippen LogP contribution >= 0.6 is 0 Å². The monoisotopic (exact) mass is 210 g/mol.